The molecule has 1 aromatic rings. The van der Waals surface area contributed by atoms with E-state index in [1.54, 1.807) is 0 Å². The van der Waals surface area contributed by atoms with E-state index in [-0.39, 0.29) is 23.5 Å². The highest BCUT2D eigenvalue weighted by molar-refractivity contribution is 6.02. The number of methoxy groups -OCH3 is 1. The first-order valence-corrected chi connectivity index (χ1v) is 7.90. The van der Waals surface area contributed by atoms with Crippen LogP contribution >= 0.6 is 0 Å². The Morgan fingerprint density at radius 3 is 2.48 bits per heavy atom. The van der Waals surface area contributed by atoms with Crippen molar-refractivity contribution in [2.24, 2.45) is 17.8 Å². The normalized spacial score (nSPS) is 23.6. The molecule has 0 heterocycles. The largest absolute Gasteiger partial charge is 0.468 e. The fraction of sp³-hybridized carbons (Fsp3) is 0.500. The van der Waals surface area contributed by atoms with Gasteiger partial charge in [0.2, 0.25) is 5.91 Å². The number of carbonyl (C=O) groups excluding carboxylic acids is 3. The van der Waals surface area contributed by atoms with E-state index in [1.165, 1.54) is 14.0 Å². The van der Waals surface area contributed by atoms with Gasteiger partial charge in [-0.2, -0.15) is 0 Å². The molecule has 1 N–H and O–H groups in total. The van der Waals surface area contributed by atoms with Crippen molar-refractivity contribution in [3.05, 3.63) is 29.8 Å². The van der Waals surface area contributed by atoms with Crippen LogP contribution in [0.25, 0.3) is 0 Å². The van der Waals surface area contributed by atoms with Gasteiger partial charge < -0.3 is 10.1 Å². The van der Waals surface area contributed by atoms with Gasteiger partial charge in [-0.05, 0) is 42.9 Å². The van der Waals surface area contributed by atoms with Gasteiger partial charge in [-0.15, -0.1) is 0 Å². The van der Waals surface area contributed by atoms with Crippen molar-refractivity contribution in [1.82, 2.24) is 0 Å². The maximum atomic E-state index is 12.4. The average Bonchev–Trinajstić information content (AvgIpc) is 2.79. The summed E-state index contributed by atoms with van der Waals surface area (Å²) in [5, 5.41) is 2.72. The van der Waals surface area contributed by atoms with Crippen LogP contribution in [0.5, 0.6) is 0 Å². The van der Waals surface area contributed by atoms with Crippen molar-refractivity contribution in [3.8, 4) is 0 Å². The zero-order valence-electron chi connectivity index (χ0n) is 13.8. The van der Waals surface area contributed by atoms with Gasteiger partial charge in [0.15, 0.2) is 0 Å². The zero-order valence-corrected chi connectivity index (χ0v) is 13.8. The predicted molar refractivity (Wildman–Crippen MR) is 86.9 cm³/mol. The lowest BCUT2D eigenvalue weighted by Crippen LogP contribution is -2.26. The van der Waals surface area contributed by atoms with Crippen LogP contribution in [0.15, 0.2) is 24.3 Å². The third-order valence-corrected chi connectivity index (χ3v) is 4.45. The summed E-state index contributed by atoms with van der Waals surface area (Å²) < 4.78 is 4.74. The summed E-state index contributed by atoms with van der Waals surface area (Å²) >= 11 is 0. The number of ether oxygens (including phenoxy) is 1. The number of rotatable bonds is 5. The summed E-state index contributed by atoms with van der Waals surface area (Å²) in [5.41, 5.74) is 1.87. The second-order valence-electron chi connectivity index (χ2n) is 6.23. The molecule has 1 unspecified atom stereocenters. The summed E-state index contributed by atoms with van der Waals surface area (Å²) in [6.07, 6.45) is 2.25. The minimum atomic E-state index is -0.604. The molecule has 124 valence electrons. The molecular weight excluding hydrogens is 294 g/mol. The quantitative estimate of drug-likeness (QED) is 0.669. The van der Waals surface area contributed by atoms with E-state index in [1.807, 2.05) is 31.2 Å². The van der Waals surface area contributed by atoms with Crippen molar-refractivity contribution in [1.29, 1.82) is 0 Å². The van der Waals surface area contributed by atoms with Crippen molar-refractivity contribution >= 4 is 23.3 Å². The molecule has 3 atom stereocenters. The van der Waals surface area contributed by atoms with E-state index < -0.39 is 11.9 Å². The Labute approximate surface area is 136 Å². The van der Waals surface area contributed by atoms with Gasteiger partial charge in [-0.1, -0.05) is 19.1 Å². The maximum Gasteiger partial charge on any atom is 0.316 e. The number of esters is 1. The molecule has 23 heavy (non-hydrogen) atoms. The Hall–Kier alpha value is -2.17. The molecule has 1 amide bonds. The zero-order chi connectivity index (χ0) is 17.0. The number of carbonyl (C=O) groups is 3. The van der Waals surface area contributed by atoms with Gasteiger partial charge in [-0.3, -0.25) is 14.4 Å². The van der Waals surface area contributed by atoms with Crippen molar-refractivity contribution in [2.45, 2.75) is 33.1 Å². The SMILES string of the molecule is COC(=O)[C@H]1C(=O)C(CCc2ccc(NC(C)=O)cc2)C[C@@H]1C. The predicted octanol–water partition coefficient (Wildman–Crippen LogP) is 2.59. The van der Waals surface area contributed by atoms with Crippen LogP contribution in [0.2, 0.25) is 0 Å². The van der Waals surface area contributed by atoms with Gasteiger partial charge in [0.1, 0.15) is 11.7 Å². The molecule has 0 aromatic heterocycles. The Morgan fingerprint density at radius 2 is 1.91 bits per heavy atom. The summed E-state index contributed by atoms with van der Waals surface area (Å²) in [6, 6.07) is 7.61. The number of ketones is 1. The number of amides is 1. The molecule has 1 aliphatic carbocycles. The van der Waals surface area contributed by atoms with Crippen molar-refractivity contribution < 1.29 is 19.1 Å². The fourth-order valence-corrected chi connectivity index (χ4v) is 3.27. The maximum absolute atomic E-state index is 12.4. The van der Waals surface area contributed by atoms with Gasteiger partial charge >= 0.3 is 5.97 Å². The molecule has 0 radical (unpaired) electrons. The molecule has 2 rings (SSSR count). The standard InChI is InChI=1S/C18H23NO4/c1-11-10-14(17(21)16(11)18(22)23-3)7-4-13-5-8-15(9-6-13)19-12(2)20/h5-6,8-9,11,14,16H,4,7,10H2,1-3H3,(H,19,20)/t11-,14?,16+/m0/s1. The molecule has 5 heteroatoms. The number of nitrogens with one attached hydrogen (secondary N) is 1. The number of hydrogen-bond acceptors (Lipinski definition) is 4. The second kappa shape index (κ2) is 7.40. The van der Waals surface area contributed by atoms with Crippen LogP contribution < -0.4 is 5.32 Å². The van der Waals surface area contributed by atoms with Gasteiger partial charge in [0.25, 0.3) is 0 Å². The highest BCUT2D eigenvalue weighted by Crippen LogP contribution is 2.36. The Balaban J connectivity index is 1.92. The van der Waals surface area contributed by atoms with Gasteiger partial charge in [0, 0.05) is 18.5 Å². The Morgan fingerprint density at radius 1 is 1.26 bits per heavy atom. The van der Waals surface area contributed by atoms with E-state index in [9.17, 15) is 14.4 Å². The lowest BCUT2D eigenvalue weighted by molar-refractivity contribution is -0.150. The van der Waals surface area contributed by atoms with E-state index in [4.69, 9.17) is 4.74 Å². The van der Waals surface area contributed by atoms with Crippen LogP contribution in [0.3, 0.4) is 0 Å². The fourth-order valence-electron chi connectivity index (χ4n) is 3.27. The summed E-state index contributed by atoms with van der Waals surface area (Å²) in [5.74, 6) is -1.14. The molecule has 5 nitrogen and oxygen atoms in total. The summed E-state index contributed by atoms with van der Waals surface area (Å²) in [7, 11) is 1.33. The monoisotopic (exact) mass is 317 g/mol. The molecule has 1 fully saturated rings. The summed E-state index contributed by atoms with van der Waals surface area (Å²) in [6.45, 7) is 3.40. The molecule has 0 spiro atoms. The number of anilines is 1. The smallest absolute Gasteiger partial charge is 0.316 e. The average molecular weight is 317 g/mol. The molecule has 0 aliphatic heterocycles. The number of aryl methyl sites for hydroxylation is 1. The summed E-state index contributed by atoms with van der Waals surface area (Å²) in [4.78, 5) is 35.1. The Bertz CT molecular complexity index is 594. The van der Waals surface area contributed by atoms with Crippen LogP contribution in [0.1, 0.15) is 32.3 Å². The van der Waals surface area contributed by atoms with Gasteiger partial charge in [-0.25, -0.2) is 0 Å². The lowest BCUT2D eigenvalue weighted by Gasteiger charge is -2.10. The molecule has 0 saturated heterocycles. The van der Waals surface area contributed by atoms with Crippen LogP contribution in [0.4, 0.5) is 5.69 Å². The topological polar surface area (TPSA) is 72.5 Å². The van der Waals surface area contributed by atoms with Crippen LogP contribution in [-0.4, -0.2) is 24.8 Å². The Kier molecular flexibility index (Phi) is 5.53. The number of Topliss-reactive ketones (excluding diaryl/α,β-unsaturated/α-hetero) is 1. The number of hydrogen-bond donors (Lipinski definition) is 1. The van der Waals surface area contributed by atoms with Crippen molar-refractivity contribution in [3.63, 3.8) is 0 Å². The molecule has 1 saturated carbocycles. The molecular formula is C18H23NO4. The number of benzene rings is 1. The third-order valence-electron chi connectivity index (χ3n) is 4.45. The second-order valence-corrected chi connectivity index (χ2v) is 6.23. The molecule has 1 aliphatic rings. The highest BCUT2D eigenvalue weighted by Gasteiger charge is 2.44. The molecule has 1 aromatic carbocycles. The highest BCUT2D eigenvalue weighted by atomic mass is 16.5. The van der Waals surface area contributed by atoms with E-state index in [0.717, 1.165) is 30.5 Å². The third kappa shape index (κ3) is 4.18. The van der Waals surface area contributed by atoms with Gasteiger partial charge in [0.05, 0.1) is 7.11 Å². The van der Waals surface area contributed by atoms with Crippen molar-refractivity contribution in [2.75, 3.05) is 12.4 Å². The van der Waals surface area contributed by atoms with E-state index in [0.29, 0.717) is 0 Å². The van der Waals surface area contributed by atoms with E-state index in [2.05, 4.69) is 5.32 Å². The minimum absolute atomic E-state index is 0.0132. The molecule has 0 bridgehead atoms. The van der Waals surface area contributed by atoms with Crippen LogP contribution in [-0.2, 0) is 25.5 Å². The van der Waals surface area contributed by atoms with E-state index >= 15 is 0 Å². The first kappa shape index (κ1) is 17.2. The van der Waals surface area contributed by atoms with Crippen LogP contribution in [0, 0.1) is 17.8 Å². The first-order valence-electron chi connectivity index (χ1n) is 7.90. The first-order chi connectivity index (χ1) is 10.9. The lowest BCUT2D eigenvalue weighted by atomic mass is 9.95. The minimum Gasteiger partial charge on any atom is -0.468 e.